The molecular formula is C17H23N3O. The van der Waals surface area contributed by atoms with E-state index in [1.165, 1.54) is 16.5 Å². The summed E-state index contributed by atoms with van der Waals surface area (Å²) in [6, 6.07) is 8.49. The number of hydrogen-bond acceptors (Lipinski definition) is 2. The molecule has 0 aliphatic carbocycles. The highest BCUT2D eigenvalue weighted by Crippen LogP contribution is 2.32. The maximum absolute atomic E-state index is 11.6. The van der Waals surface area contributed by atoms with Crippen molar-refractivity contribution in [1.82, 2.24) is 15.2 Å². The van der Waals surface area contributed by atoms with Gasteiger partial charge in [0.2, 0.25) is 5.91 Å². The Bertz CT molecular complexity index is 611. The van der Waals surface area contributed by atoms with Crippen molar-refractivity contribution in [3.8, 4) is 0 Å². The highest BCUT2D eigenvalue weighted by atomic mass is 16.2. The number of likely N-dealkylation sites (N-methyl/N-ethyl adjacent to an activating group) is 1. The van der Waals surface area contributed by atoms with Gasteiger partial charge in [-0.15, -0.1) is 0 Å². The molecule has 1 fully saturated rings. The molecule has 0 spiro atoms. The first-order chi connectivity index (χ1) is 10.3. The number of aromatic amines is 1. The quantitative estimate of drug-likeness (QED) is 0.906. The van der Waals surface area contributed by atoms with Crippen molar-refractivity contribution in [2.45, 2.75) is 25.7 Å². The molecule has 1 aromatic heterocycles. The van der Waals surface area contributed by atoms with E-state index >= 15 is 0 Å². The summed E-state index contributed by atoms with van der Waals surface area (Å²) >= 11 is 0. The third-order valence-corrected chi connectivity index (χ3v) is 4.39. The van der Waals surface area contributed by atoms with Gasteiger partial charge in [-0.2, -0.15) is 0 Å². The number of H-pyrrole nitrogens is 1. The fourth-order valence-electron chi connectivity index (χ4n) is 3.29. The maximum Gasteiger partial charge on any atom is 0.234 e. The van der Waals surface area contributed by atoms with Crippen molar-refractivity contribution in [3.63, 3.8) is 0 Å². The van der Waals surface area contributed by atoms with Crippen molar-refractivity contribution < 1.29 is 4.79 Å². The molecule has 1 amide bonds. The van der Waals surface area contributed by atoms with Gasteiger partial charge in [0.15, 0.2) is 0 Å². The number of carbonyl (C=O) groups excluding carboxylic acids is 1. The number of fused-ring (bicyclic) bond motifs is 1. The third kappa shape index (κ3) is 3.10. The second-order valence-corrected chi connectivity index (χ2v) is 5.79. The van der Waals surface area contributed by atoms with Crippen LogP contribution in [0.2, 0.25) is 0 Å². The number of para-hydroxylation sites is 1. The molecule has 0 atom stereocenters. The Morgan fingerprint density at radius 2 is 2.10 bits per heavy atom. The van der Waals surface area contributed by atoms with E-state index in [9.17, 15) is 4.79 Å². The molecule has 2 aromatic rings. The lowest BCUT2D eigenvalue weighted by Gasteiger charge is -2.31. The Labute approximate surface area is 125 Å². The minimum Gasteiger partial charge on any atom is -0.361 e. The number of hydrogen-bond donors (Lipinski definition) is 2. The van der Waals surface area contributed by atoms with Crippen molar-refractivity contribution in [3.05, 3.63) is 36.0 Å². The minimum absolute atomic E-state index is 0.142. The molecule has 2 heterocycles. The van der Waals surface area contributed by atoms with Gasteiger partial charge in [-0.25, -0.2) is 0 Å². The van der Waals surface area contributed by atoms with E-state index in [4.69, 9.17) is 0 Å². The summed E-state index contributed by atoms with van der Waals surface area (Å²) in [6.45, 7) is 5.21. The Hall–Kier alpha value is -1.81. The third-order valence-electron chi connectivity index (χ3n) is 4.39. The fourth-order valence-corrected chi connectivity index (χ4v) is 3.29. The van der Waals surface area contributed by atoms with Gasteiger partial charge in [-0.1, -0.05) is 18.2 Å². The molecule has 1 aliphatic rings. The number of amides is 1. The zero-order chi connectivity index (χ0) is 14.7. The maximum atomic E-state index is 11.6. The summed E-state index contributed by atoms with van der Waals surface area (Å²) in [7, 11) is 0. The lowest BCUT2D eigenvalue weighted by molar-refractivity contribution is -0.122. The van der Waals surface area contributed by atoms with E-state index < -0.39 is 0 Å². The van der Waals surface area contributed by atoms with E-state index in [1.807, 2.05) is 6.92 Å². The topological polar surface area (TPSA) is 48.1 Å². The van der Waals surface area contributed by atoms with Crippen molar-refractivity contribution >= 4 is 16.8 Å². The number of rotatable bonds is 4. The van der Waals surface area contributed by atoms with Crippen molar-refractivity contribution in [2.75, 3.05) is 26.2 Å². The van der Waals surface area contributed by atoms with Gasteiger partial charge in [-0.3, -0.25) is 9.69 Å². The average molecular weight is 285 g/mol. The molecule has 1 aliphatic heterocycles. The number of carbonyl (C=O) groups is 1. The predicted octanol–water partition coefficient (Wildman–Crippen LogP) is 2.48. The van der Waals surface area contributed by atoms with Gasteiger partial charge in [0.05, 0.1) is 6.54 Å². The first kappa shape index (κ1) is 14.1. The molecule has 112 valence electrons. The van der Waals surface area contributed by atoms with Crippen LogP contribution in [0.15, 0.2) is 30.5 Å². The highest BCUT2D eigenvalue weighted by molar-refractivity contribution is 5.83. The standard InChI is InChI=1S/C17H23N3O/c1-2-18-17(21)12-20-9-7-13(8-10-20)15-11-19-16-6-4-3-5-14(15)16/h3-6,11,13,19H,2,7-10,12H2,1H3,(H,18,21). The molecule has 0 unspecified atom stereocenters. The molecular weight excluding hydrogens is 262 g/mol. The Balaban J connectivity index is 1.62. The summed E-state index contributed by atoms with van der Waals surface area (Å²) in [4.78, 5) is 17.3. The molecule has 1 aromatic carbocycles. The molecule has 21 heavy (non-hydrogen) atoms. The van der Waals surface area contributed by atoms with Crippen LogP contribution in [-0.4, -0.2) is 42.0 Å². The molecule has 2 N–H and O–H groups in total. The van der Waals surface area contributed by atoms with Crippen LogP contribution in [0.25, 0.3) is 10.9 Å². The Morgan fingerprint density at radius 3 is 2.86 bits per heavy atom. The normalized spacial score (nSPS) is 17.2. The van der Waals surface area contributed by atoms with Crippen LogP contribution in [0.3, 0.4) is 0 Å². The molecule has 4 nitrogen and oxygen atoms in total. The number of nitrogens with zero attached hydrogens (tertiary/aromatic N) is 1. The van der Waals surface area contributed by atoms with Gasteiger partial charge in [0.1, 0.15) is 0 Å². The molecule has 0 radical (unpaired) electrons. The van der Waals surface area contributed by atoms with Gasteiger partial charge in [-0.05, 0) is 50.4 Å². The van der Waals surface area contributed by atoms with Crippen LogP contribution in [0.5, 0.6) is 0 Å². The van der Waals surface area contributed by atoms with Gasteiger partial charge in [0.25, 0.3) is 0 Å². The smallest absolute Gasteiger partial charge is 0.234 e. The monoisotopic (exact) mass is 285 g/mol. The van der Waals surface area contributed by atoms with Crippen LogP contribution in [-0.2, 0) is 4.79 Å². The van der Waals surface area contributed by atoms with Crippen molar-refractivity contribution in [2.24, 2.45) is 0 Å². The zero-order valence-electron chi connectivity index (χ0n) is 12.6. The molecule has 1 saturated heterocycles. The molecule has 4 heteroatoms. The molecule has 0 bridgehead atoms. The lowest BCUT2D eigenvalue weighted by Crippen LogP contribution is -2.41. The molecule has 3 rings (SSSR count). The van der Waals surface area contributed by atoms with Gasteiger partial charge >= 0.3 is 0 Å². The number of piperidine rings is 1. The molecule has 0 saturated carbocycles. The minimum atomic E-state index is 0.142. The Kier molecular flexibility index (Phi) is 4.25. The number of nitrogens with one attached hydrogen (secondary N) is 2. The van der Waals surface area contributed by atoms with E-state index in [1.54, 1.807) is 0 Å². The first-order valence-electron chi connectivity index (χ1n) is 7.83. The first-order valence-corrected chi connectivity index (χ1v) is 7.83. The second-order valence-electron chi connectivity index (χ2n) is 5.79. The van der Waals surface area contributed by atoms with E-state index in [0.29, 0.717) is 19.0 Å². The summed E-state index contributed by atoms with van der Waals surface area (Å²) in [5.41, 5.74) is 2.65. The van der Waals surface area contributed by atoms with E-state index in [2.05, 4.69) is 45.7 Å². The summed E-state index contributed by atoms with van der Waals surface area (Å²) < 4.78 is 0. The van der Waals surface area contributed by atoms with Gasteiger partial charge < -0.3 is 10.3 Å². The summed E-state index contributed by atoms with van der Waals surface area (Å²) in [6.07, 6.45) is 4.41. The van der Waals surface area contributed by atoms with Crippen molar-refractivity contribution in [1.29, 1.82) is 0 Å². The van der Waals surface area contributed by atoms with Crippen LogP contribution >= 0.6 is 0 Å². The van der Waals surface area contributed by atoms with Crippen LogP contribution in [0.4, 0.5) is 0 Å². The Morgan fingerprint density at radius 1 is 1.33 bits per heavy atom. The van der Waals surface area contributed by atoms with Gasteiger partial charge in [0, 0.05) is 23.6 Å². The average Bonchev–Trinajstić information content (AvgIpc) is 2.92. The SMILES string of the molecule is CCNC(=O)CN1CCC(c2c[nH]c3ccccc23)CC1. The van der Waals surface area contributed by atoms with Crippen LogP contribution in [0, 0.1) is 0 Å². The highest BCUT2D eigenvalue weighted by Gasteiger charge is 2.23. The number of aromatic nitrogens is 1. The van der Waals surface area contributed by atoms with Crippen LogP contribution in [0.1, 0.15) is 31.2 Å². The number of benzene rings is 1. The van der Waals surface area contributed by atoms with Crippen LogP contribution < -0.4 is 5.32 Å². The second kappa shape index (κ2) is 6.31. The fraction of sp³-hybridized carbons (Fsp3) is 0.471. The van der Waals surface area contributed by atoms with E-state index in [-0.39, 0.29) is 5.91 Å². The number of likely N-dealkylation sites (tertiary alicyclic amines) is 1. The lowest BCUT2D eigenvalue weighted by atomic mass is 9.89. The largest absolute Gasteiger partial charge is 0.361 e. The predicted molar refractivity (Wildman–Crippen MR) is 85.4 cm³/mol. The summed E-state index contributed by atoms with van der Waals surface area (Å²) in [5.74, 6) is 0.745. The summed E-state index contributed by atoms with van der Waals surface area (Å²) in [5, 5.41) is 4.22. The zero-order valence-corrected chi connectivity index (χ0v) is 12.6. The van der Waals surface area contributed by atoms with E-state index in [0.717, 1.165) is 25.9 Å².